The topological polar surface area (TPSA) is 115 Å². The van der Waals surface area contributed by atoms with Gasteiger partial charge < -0.3 is 11.1 Å². The Bertz CT molecular complexity index is 832. The van der Waals surface area contributed by atoms with Crippen LogP contribution in [0.1, 0.15) is 28.4 Å². The molecule has 23 heavy (non-hydrogen) atoms. The highest BCUT2D eigenvalue weighted by Crippen LogP contribution is 2.19. The van der Waals surface area contributed by atoms with Crippen molar-refractivity contribution in [3.8, 4) is 0 Å². The highest BCUT2D eigenvalue weighted by atomic mass is 32.2. The average molecular weight is 333 g/mol. The van der Waals surface area contributed by atoms with Gasteiger partial charge in [-0.2, -0.15) is 0 Å². The smallest absolute Gasteiger partial charge is 0.250 e. The minimum Gasteiger partial charge on any atom is -0.380 e. The lowest BCUT2D eigenvalue weighted by molar-refractivity contribution is 0.100. The third-order valence-electron chi connectivity index (χ3n) is 3.47. The van der Waals surface area contributed by atoms with E-state index in [1.807, 2.05) is 19.1 Å². The van der Waals surface area contributed by atoms with Gasteiger partial charge in [0.15, 0.2) is 0 Å². The van der Waals surface area contributed by atoms with Gasteiger partial charge in [0.25, 0.3) is 5.91 Å². The Morgan fingerprint density at radius 1 is 1.13 bits per heavy atom. The Balaban J connectivity index is 2.25. The summed E-state index contributed by atoms with van der Waals surface area (Å²) in [6.45, 7) is 2.36. The number of nitrogens with one attached hydrogen (secondary N) is 1. The first-order valence-electron chi connectivity index (χ1n) is 7.09. The predicted octanol–water partition coefficient (Wildman–Crippen LogP) is 1.61. The van der Waals surface area contributed by atoms with Crippen LogP contribution in [0.5, 0.6) is 0 Å². The summed E-state index contributed by atoms with van der Waals surface area (Å²) in [7, 11) is -3.74. The van der Waals surface area contributed by atoms with Gasteiger partial charge >= 0.3 is 0 Å². The Kier molecular flexibility index (Phi) is 5.02. The van der Waals surface area contributed by atoms with E-state index < -0.39 is 15.9 Å². The molecule has 122 valence electrons. The summed E-state index contributed by atoms with van der Waals surface area (Å²) in [6, 6.07) is 11.7. The number of nitrogens with two attached hydrogens (primary N) is 2. The fourth-order valence-corrected chi connectivity index (χ4v) is 2.79. The molecule has 0 fully saturated rings. The zero-order valence-corrected chi connectivity index (χ0v) is 13.6. The molecule has 0 saturated carbocycles. The first-order chi connectivity index (χ1) is 10.8. The first kappa shape index (κ1) is 17.0. The number of amides is 1. The van der Waals surface area contributed by atoms with Gasteiger partial charge in [0.2, 0.25) is 10.0 Å². The molecule has 0 aromatic heterocycles. The summed E-state index contributed by atoms with van der Waals surface area (Å²) in [5.74, 6) is -0.520. The van der Waals surface area contributed by atoms with E-state index in [0.717, 1.165) is 17.5 Å². The van der Waals surface area contributed by atoms with Gasteiger partial charge in [0.05, 0.1) is 10.5 Å². The molecule has 0 radical (unpaired) electrons. The largest absolute Gasteiger partial charge is 0.380 e. The minimum atomic E-state index is -3.74. The molecule has 0 atom stereocenters. The fourth-order valence-electron chi connectivity index (χ4n) is 2.20. The Morgan fingerprint density at radius 2 is 1.87 bits per heavy atom. The molecule has 0 spiro atoms. The molecule has 7 heteroatoms. The Hall–Kier alpha value is -2.38. The molecule has 0 heterocycles. The molecule has 5 N–H and O–H groups in total. The molecule has 1 amide bonds. The standard InChI is InChI=1S/C16H19N3O3S/c1-2-11-6-7-14(16(17)20)15(9-11)19-10-12-4-3-5-13(8-12)23(18,21)22/h3-9,19H,2,10H2,1H3,(H2,17,20)(H2,18,21,22). The van der Waals surface area contributed by atoms with Gasteiger partial charge in [-0.1, -0.05) is 25.1 Å². The van der Waals surface area contributed by atoms with Crippen molar-refractivity contribution < 1.29 is 13.2 Å². The number of rotatable bonds is 6. The van der Waals surface area contributed by atoms with E-state index in [-0.39, 0.29) is 4.90 Å². The summed E-state index contributed by atoms with van der Waals surface area (Å²) in [4.78, 5) is 11.6. The molecular formula is C16H19N3O3S. The molecule has 0 bridgehead atoms. The van der Waals surface area contributed by atoms with Crippen LogP contribution in [0.15, 0.2) is 47.4 Å². The number of anilines is 1. The third-order valence-corrected chi connectivity index (χ3v) is 4.38. The number of carbonyl (C=O) groups excluding carboxylic acids is 1. The van der Waals surface area contributed by atoms with E-state index in [4.69, 9.17) is 10.9 Å². The molecule has 6 nitrogen and oxygen atoms in total. The number of primary sulfonamides is 1. The zero-order chi connectivity index (χ0) is 17.0. The van der Waals surface area contributed by atoms with Crippen molar-refractivity contribution in [2.75, 3.05) is 5.32 Å². The van der Waals surface area contributed by atoms with E-state index in [0.29, 0.717) is 17.8 Å². The fraction of sp³-hybridized carbons (Fsp3) is 0.188. The molecule has 2 aromatic carbocycles. The lowest BCUT2D eigenvalue weighted by atomic mass is 10.1. The van der Waals surface area contributed by atoms with E-state index in [2.05, 4.69) is 5.32 Å². The second-order valence-electron chi connectivity index (χ2n) is 5.14. The Morgan fingerprint density at radius 3 is 2.48 bits per heavy atom. The number of aryl methyl sites for hydroxylation is 1. The summed E-state index contributed by atoms with van der Waals surface area (Å²) in [6.07, 6.45) is 0.828. The van der Waals surface area contributed by atoms with Crippen molar-refractivity contribution in [1.29, 1.82) is 0 Å². The molecular weight excluding hydrogens is 314 g/mol. The number of hydrogen-bond donors (Lipinski definition) is 3. The highest BCUT2D eigenvalue weighted by molar-refractivity contribution is 7.89. The number of sulfonamides is 1. The highest BCUT2D eigenvalue weighted by Gasteiger charge is 2.10. The summed E-state index contributed by atoms with van der Waals surface area (Å²) < 4.78 is 22.8. The van der Waals surface area contributed by atoms with Crippen molar-refractivity contribution in [3.05, 3.63) is 59.2 Å². The van der Waals surface area contributed by atoms with Crippen molar-refractivity contribution in [1.82, 2.24) is 0 Å². The molecule has 0 aliphatic rings. The molecule has 0 unspecified atom stereocenters. The van der Waals surface area contributed by atoms with Crippen LogP contribution < -0.4 is 16.2 Å². The van der Waals surface area contributed by atoms with Crippen LogP contribution in [-0.4, -0.2) is 14.3 Å². The number of carbonyl (C=O) groups is 1. The van der Waals surface area contributed by atoms with Gasteiger partial charge in [-0.05, 0) is 41.8 Å². The van der Waals surface area contributed by atoms with Crippen LogP contribution in [0.3, 0.4) is 0 Å². The second-order valence-corrected chi connectivity index (χ2v) is 6.71. The molecule has 0 aliphatic carbocycles. The van der Waals surface area contributed by atoms with Crippen LogP contribution in [-0.2, 0) is 23.0 Å². The number of hydrogen-bond acceptors (Lipinski definition) is 4. The van der Waals surface area contributed by atoms with Gasteiger partial charge in [-0.25, -0.2) is 13.6 Å². The van der Waals surface area contributed by atoms with E-state index in [1.165, 1.54) is 12.1 Å². The number of benzene rings is 2. The summed E-state index contributed by atoms with van der Waals surface area (Å²) in [5.41, 5.74) is 8.19. The summed E-state index contributed by atoms with van der Waals surface area (Å²) >= 11 is 0. The zero-order valence-electron chi connectivity index (χ0n) is 12.7. The van der Waals surface area contributed by atoms with Crippen LogP contribution in [0, 0.1) is 0 Å². The van der Waals surface area contributed by atoms with E-state index in [9.17, 15) is 13.2 Å². The lowest BCUT2D eigenvalue weighted by Crippen LogP contribution is -2.15. The van der Waals surface area contributed by atoms with Gasteiger partial charge in [-0.15, -0.1) is 0 Å². The number of primary amides is 1. The summed E-state index contributed by atoms with van der Waals surface area (Å²) in [5, 5.41) is 8.25. The predicted molar refractivity (Wildman–Crippen MR) is 89.5 cm³/mol. The van der Waals surface area contributed by atoms with Crippen molar-refractivity contribution in [2.45, 2.75) is 24.8 Å². The second kappa shape index (κ2) is 6.80. The maximum atomic E-state index is 11.5. The van der Waals surface area contributed by atoms with Crippen molar-refractivity contribution in [2.24, 2.45) is 10.9 Å². The normalized spacial score (nSPS) is 11.2. The molecule has 2 aromatic rings. The molecule has 2 rings (SSSR count). The van der Waals surface area contributed by atoms with Gasteiger partial charge in [-0.3, -0.25) is 4.79 Å². The maximum absolute atomic E-state index is 11.5. The first-order valence-corrected chi connectivity index (χ1v) is 8.64. The van der Waals surface area contributed by atoms with Crippen LogP contribution in [0.2, 0.25) is 0 Å². The van der Waals surface area contributed by atoms with Gasteiger partial charge in [0, 0.05) is 12.2 Å². The van der Waals surface area contributed by atoms with Crippen molar-refractivity contribution >= 4 is 21.6 Å². The molecule has 0 saturated heterocycles. The third kappa shape index (κ3) is 4.30. The quantitative estimate of drug-likeness (QED) is 0.744. The van der Waals surface area contributed by atoms with Gasteiger partial charge in [0.1, 0.15) is 0 Å². The average Bonchev–Trinajstić information content (AvgIpc) is 2.52. The van der Waals surface area contributed by atoms with E-state index >= 15 is 0 Å². The SMILES string of the molecule is CCc1ccc(C(N)=O)c(NCc2cccc(S(N)(=O)=O)c2)c1. The van der Waals surface area contributed by atoms with Crippen molar-refractivity contribution in [3.63, 3.8) is 0 Å². The monoisotopic (exact) mass is 333 g/mol. The van der Waals surface area contributed by atoms with E-state index in [1.54, 1.807) is 18.2 Å². The van der Waals surface area contributed by atoms with Crippen LogP contribution in [0.25, 0.3) is 0 Å². The van der Waals surface area contributed by atoms with Crippen LogP contribution >= 0.6 is 0 Å². The minimum absolute atomic E-state index is 0.0502. The lowest BCUT2D eigenvalue weighted by Gasteiger charge is -2.12. The van der Waals surface area contributed by atoms with Crippen LogP contribution in [0.4, 0.5) is 5.69 Å². The Labute approximate surface area is 135 Å². The maximum Gasteiger partial charge on any atom is 0.250 e. The molecule has 0 aliphatic heterocycles.